The third-order valence-electron chi connectivity index (χ3n) is 2.71. The van der Waals surface area contributed by atoms with E-state index in [-0.39, 0.29) is 12.5 Å². The smallest absolute Gasteiger partial charge is 0.331 e. The Morgan fingerprint density at radius 3 is 2.86 bits per heavy atom. The molecule has 0 saturated heterocycles. The van der Waals surface area contributed by atoms with Crippen LogP contribution in [0.25, 0.3) is 6.08 Å². The van der Waals surface area contributed by atoms with Crippen molar-refractivity contribution >= 4 is 50.9 Å². The van der Waals surface area contributed by atoms with Crippen LogP contribution in [0.3, 0.4) is 0 Å². The predicted octanol–water partition coefficient (Wildman–Crippen LogP) is 4.01. The average Bonchev–Trinajstić information content (AvgIpc) is 3.00. The van der Waals surface area contributed by atoms with Gasteiger partial charge in [-0.1, -0.05) is 22.0 Å². The maximum atomic E-state index is 11.7. The number of thiophene rings is 1. The number of benzene rings is 1. The number of carbonyl (C=O) groups is 2. The largest absolute Gasteiger partial charge is 0.452 e. The van der Waals surface area contributed by atoms with E-state index in [1.165, 1.54) is 17.4 Å². The van der Waals surface area contributed by atoms with Crippen LogP contribution in [0.2, 0.25) is 0 Å². The number of carbonyl (C=O) groups excluding carboxylic acids is 2. The second kappa shape index (κ2) is 7.91. The van der Waals surface area contributed by atoms with Crippen LogP contribution in [0.4, 0.5) is 5.69 Å². The summed E-state index contributed by atoms with van der Waals surface area (Å²) in [7, 11) is 0. The van der Waals surface area contributed by atoms with Crippen LogP contribution in [0.1, 0.15) is 10.4 Å². The van der Waals surface area contributed by atoms with E-state index in [1.807, 2.05) is 36.6 Å². The van der Waals surface area contributed by atoms with E-state index >= 15 is 0 Å². The topological polar surface area (TPSA) is 55.4 Å². The Hall–Kier alpha value is -1.92. The summed E-state index contributed by atoms with van der Waals surface area (Å²) in [5.74, 6) is -0.921. The van der Waals surface area contributed by atoms with Crippen LogP contribution in [-0.2, 0) is 14.3 Å². The summed E-state index contributed by atoms with van der Waals surface area (Å²) in [6, 6.07) is 9.23. The monoisotopic (exact) mass is 379 g/mol. The van der Waals surface area contributed by atoms with Gasteiger partial charge in [0.2, 0.25) is 0 Å². The van der Waals surface area contributed by atoms with Crippen molar-refractivity contribution in [2.75, 3.05) is 11.9 Å². The van der Waals surface area contributed by atoms with E-state index in [9.17, 15) is 9.59 Å². The summed E-state index contributed by atoms with van der Waals surface area (Å²) in [5.41, 5.74) is 1.67. The summed E-state index contributed by atoms with van der Waals surface area (Å²) < 4.78 is 5.85. The van der Waals surface area contributed by atoms with Crippen LogP contribution >= 0.6 is 27.3 Å². The van der Waals surface area contributed by atoms with Crippen molar-refractivity contribution in [3.05, 3.63) is 56.7 Å². The molecule has 2 rings (SSSR count). The zero-order chi connectivity index (χ0) is 15.9. The average molecular weight is 380 g/mol. The number of ether oxygens (including phenoxy) is 1. The minimum absolute atomic E-state index is 0.317. The molecule has 0 fully saturated rings. The normalized spacial score (nSPS) is 10.6. The molecule has 1 aromatic carbocycles. The van der Waals surface area contributed by atoms with E-state index in [1.54, 1.807) is 12.1 Å². The van der Waals surface area contributed by atoms with Crippen molar-refractivity contribution in [2.45, 2.75) is 6.92 Å². The fraction of sp³-hybridized carbons (Fsp3) is 0.125. The van der Waals surface area contributed by atoms with E-state index < -0.39 is 5.97 Å². The lowest BCUT2D eigenvalue weighted by molar-refractivity contribution is -0.142. The molecule has 22 heavy (non-hydrogen) atoms. The maximum Gasteiger partial charge on any atom is 0.331 e. The number of rotatable bonds is 5. The third-order valence-corrected chi connectivity index (χ3v) is 4.44. The van der Waals surface area contributed by atoms with Gasteiger partial charge in [0, 0.05) is 21.1 Å². The van der Waals surface area contributed by atoms with Crippen molar-refractivity contribution in [3.63, 3.8) is 0 Å². The molecule has 1 N–H and O–H groups in total. The number of nitrogens with one attached hydrogen (secondary N) is 1. The Labute approximate surface area is 140 Å². The molecule has 0 radical (unpaired) electrons. The number of amides is 1. The van der Waals surface area contributed by atoms with E-state index in [0.29, 0.717) is 5.69 Å². The molecule has 1 amide bonds. The van der Waals surface area contributed by atoms with Gasteiger partial charge in [0.05, 0.1) is 0 Å². The molecular weight excluding hydrogens is 366 g/mol. The Balaban J connectivity index is 1.79. The van der Waals surface area contributed by atoms with Gasteiger partial charge in [0.25, 0.3) is 5.91 Å². The second-order valence-corrected chi connectivity index (χ2v) is 6.30. The van der Waals surface area contributed by atoms with Crippen LogP contribution in [-0.4, -0.2) is 18.5 Å². The number of hydrogen-bond acceptors (Lipinski definition) is 4. The van der Waals surface area contributed by atoms with Gasteiger partial charge in [0.1, 0.15) is 0 Å². The lowest BCUT2D eigenvalue weighted by Crippen LogP contribution is -2.20. The van der Waals surface area contributed by atoms with E-state index in [0.717, 1.165) is 14.9 Å². The molecular formula is C16H14BrNO3S. The molecule has 0 unspecified atom stereocenters. The fourth-order valence-electron chi connectivity index (χ4n) is 1.64. The molecule has 2 aromatic rings. The minimum atomic E-state index is -0.546. The lowest BCUT2D eigenvalue weighted by atomic mass is 10.2. The number of anilines is 1. The number of halogens is 1. The zero-order valence-corrected chi connectivity index (χ0v) is 14.2. The summed E-state index contributed by atoms with van der Waals surface area (Å²) in [4.78, 5) is 24.2. The zero-order valence-electron chi connectivity index (χ0n) is 11.8. The molecule has 114 valence electrons. The Morgan fingerprint density at radius 2 is 2.18 bits per heavy atom. The molecule has 0 bridgehead atoms. The van der Waals surface area contributed by atoms with Gasteiger partial charge in [-0.05, 0) is 48.2 Å². The van der Waals surface area contributed by atoms with Crippen molar-refractivity contribution in [2.24, 2.45) is 0 Å². The first-order valence-corrected chi connectivity index (χ1v) is 8.16. The molecule has 1 aromatic heterocycles. The lowest BCUT2D eigenvalue weighted by Gasteiger charge is -2.07. The van der Waals surface area contributed by atoms with Gasteiger partial charge < -0.3 is 10.1 Å². The molecule has 0 spiro atoms. The molecule has 1 heterocycles. The molecule has 6 heteroatoms. The third kappa shape index (κ3) is 5.13. The number of hydrogen-bond donors (Lipinski definition) is 1. The highest BCUT2D eigenvalue weighted by Gasteiger charge is 2.06. The van der Waals surface area contributed by atoms with Crippen LogP contribution in [0, 0.1) is 6.92 Å². The highest BCUT2D eigenvalue weighted by molar-refractivity contribution is 9.10. The summed E-state index contributed by atoms with van der Waals surface area (Å²) >= 11 is 4.91. The standard InChI is InChI=1S/C16H14BrNO3S/c1-11-9-12(4-6-14(11)17)18-15(19)10-21-16(20)7-5-13-3-2-8-22-13/h2-9H,10H2,1H3,(H,18,19)/b7-5+. The highest BCUT2D eigenvalue weighted by Crippen LogP contribution is 2.19. The number of aryl methyl sites for hydroxylation is 1. The quantitative estimate of drug-likeness (QED) is 0.630. The van der Waals surface area contributed by atoms with Gasteiger partial charge in [-0.15, -0.1) is 11.3 Å². The molecule has 0 atom stereocenters. The van der Waals surface area contributed by atoms with Crippen LogP contribution in [0.15, 0.2) is 46.3 Å². The van der Waals surface area contributed by atoms with Crippen molar-refractivity contribution in [1.82, 2.24) is 0 Å². The Kier molecular flexibility index (Phi) is 5.91. The summed E-state index contributed by atoms with van der Waals surface area (Å²) in [6.45, 7) is 1.61. The summed E-state index contributed by atoms with van der Waals surface area (Å²) in [5, 5.41) is 4.59. The van der Waals surface area contributed by atoms with Gasteiger partial charge in [-0.25, -0.2) is 4.79 Å². The van der Waals surface area contributed by atoms with Crippen molar-refractivity contribution < 1.29 is 14.3 Å². The second-order valence-electron chi connectivity index (χ2n) is 4.47. The van der Waals surface area contributed by atoms with Crippen molar-refractivity contribution in [1.29, 1.82) is 0 Å². The predicted molar refractivity (Wildman–Crippen MR) is 91.8 cm³/mol. The first-order valence-electron chi connectivity index (χ1n) is 6.49. The molecule has 4 nitrogen and oxygen atoms in total. The van der Waals surface area contributed by atoms with Gasteiger partial charge in [-0.3, -0.25) is 4.79 Å². The minimum Gasteiger partial charge on any atom is -0.452 e. The van der Waals surface area contributed by atoms with Gasteiger partial charge in [0.15, 0.2) is 6.61 Å². The summed E-state index contributed by atoms with van der Waals surface area (Å²) in [6.07, 6.45) is 2.96. The van der Waals surface area contributed by atoms with Crippen LogP contribution < -0.4 is 5.32 Å². The highest BCUT2D eigenvalue weighted by atomic mass is 79.9. The Bertz CT molecular complexity index is 695. The molecule has 0 aliphatic heterocycles. The molecule has 0 aliphatic carbocycles. The first kappa shape index (κ1) is 16.5. The molecule has 0 aliphatic rings. The van der Waals surface area contributed by atoms with Gasteiger partial charge in [-0.2, -0.15) is 0 Å². The van der Waals surface area contributed by atoms with Gasteiger partial charge >= 0.3 is 5.97 Å². The van der Waals surface area contributed by atoms with Crippen LogP contribution in [0.5, 0.6) is 0 Å². The SMILES string of the molecule is Cc1cc(NC(=O)COC(=O)/C=C/c2cccs2)ccc1Br. The van der Waals surface area contributed by atoms with E-state index in [2.05, 4.69) is 21.2 Å². The number of esters is 1. The van der Waals surface area contributed by atoms with Crippen molar-refractivity contribution in [3.8, 4) is 0 Å². The first-order chi connectivity index (χ1) is 10.5. The Morgan fingerprint density at radius 1 is 1.36 bits per heavy atom. The molecule has 0 saturated carbocycles. The maximum absolute atomic E-state index is 11.7. The van der Waals surface area contributed by atoms with E-state index in [4.69, 9.17) is 4.74 Å². The fourth-order valence-corrected chi connectivity index (χ4v) is 2.51.